The smallest absolute Gasteiger partial charge is 0.451 e. The second-order valence-electron chi connectivity index (χ2n) is 13.8. The monoisotopic (exact) mass is 683 g/mol. The highest BCUT2D eigenvalue weighted by Gasteiger charge is 2.47. The van der Waals surface area contributed by atoms with Gasteiger partial charge in [-0.2, -0.15) is 0 Å². The summed E-state index contributed by atoms with van der Waals surface area (Å²) in [5, 5.41) is 3.64. The van der Waals surface area contributed by atoms with Crippen molar-refractivity contribution >= 4 is 34.4 Å². The Morgan fingerprint density at radius 2 is 1.78 bits per heavy atom. The number of ether oxygens (including phenoxy) is 2. The Bertz CT molecular complexity index is 1680. The van der Waals surface area contributed by atoms with E-state index in [1.165, 1.54) is 13.0 Å². The minimum absolute atomic E-state index is 0.0177. The number of furan rings is 1. The number of rotatable bonds is 11. The van der Waals surface area contributed by atoms with Crippen LogP contribution in [-0.4, -0.2) is 61.2 Å². The van der Waals surface area contributed by atoms with Crippen LogP contribution < -0.4 is 16.9 Å². The number of halogens is 1. The van der Waals surface area contributed by atoms with Crippen molar-refractivity contribution in [1.82, 2.24) is 4.90 Å². The summed E-state index contributed by atoms with van der Waals surface area (Å²) in [6.07, 6.45) is 8.02. The number of nitrogens with two attached hydrogens (primary N) is 1. The Balaban J connectivity index is 1.15. The molecule has 49 heavy (non-hydrogen) atoms. The van der Waals surface area contributed by atoms with E-state index >= 15 is 0 Å². The molecule has 266 valence electrons. The lowest BCUT2D eigenvalue weighted by molar-refractivity contribution is -0.142. The summed E-state index contributed by atoms with van der Waals surface area (Å²) in [4.78, 5) is 54.0. The van der Waals surface area contributed by atoms with Crippen molar-refractivity contribution < 1.29 is 41.5 Å². The number of benzene rings is 1. The summed E-state index contributed by atoms with van der Waals surface area (Å²) in [5.41, 5.74) is 7.14. The molecule has 6 rings (SSSR count). The Hall–Kier alpha value is -3.97. The molecule has 2 aliphatic carbocycles. The molecule has 12 nitrogen and oxygen atoms in total. The molecule has 1 aliphatic heterocycles. The lowest BCUT2D eigenvalue weighted by Gasteiger charge is -2.37. The molecule has 1 saturated heterocycles. The first-order chi connectivity index (χ1) is 23.6. The SMILES string of the molecule is COC1CCC([C@@H]2CCN(C(=O)C3CCC([C@H](N)CCF)CC3)[C@@H]2C(=O)Nc2ccc3oc(C(=O)OCc4oc(=O)oc4C)cc3c2)CC1. The van der Waals surface area contributed by atoms with Crippen molar-refractivity contribution in [2.45, 2.75) is 95.9 Å². The number of hydrogen-bond acceptors (Lipinski definition) is 10. The van der Waals surface area contributed by atoms with Crippen LogP contribution >= 0.6 is 0 Å². The average Bonchev–Trinajstić information content (AvgIpc) is 3.83. The van der Waals surface area contributed by atoms with Gasteiger partial charge in [-0.15, -0.1) is 0 Å². The predicted octanol–water partition coefficient (Wildman–Crippen LogP) is 5.50. The molecular formula is C36H46FN3O9. The summed E-state index contributed by atoms with van der Waals surface area (Å²) in [7, 11) is 1.74. The Morgan fingerprint density at radius 1 is 1.02 bits per heavy atom. The van der Waals surface area contributed by atoms with E-state index in [-0.39, 0.29) is 65.6 Å². The Kier molecular flexibility index (Phi) is 10.9. The van der Waals surface area contributed by atoms with E-state index in [9.17, 15) is 23.6 Å². The molecule has 0 unspecified atom stereocenters. The number of esters is 1. The third-order valence-electron chi connectivity index (χ3n) is 11.0. The highest BCUT2D eigenvalue weighted by atomic mass is 19.1. The van der Waals surface area contributed by atoms with Gasteiger partial charge in [0.15, 0.2) is 18.1 Å². The van der Waals surface area contributed by atoms with Gasteiger partial charge in [-0.05, 0) is 113 Å². The van der Waals surface area contributed by atoms with Crippen molar-refractivity contribution in [2.24, 2.45) is 29.4 Å². The van der Waals surface area contributed by atoms with Crippen molar-refractivity contribution in [3.8, 4) is 0 Å². The number of carbonyl (C=O) groups excluding carboxylic acids is 3. The average molecular weight is 684 g/mol. The summed E-state index contributed by atoms with van der Waals surface area (Å²) in [6, 6.07) is 5.79. The lowest BCUT2D eigenvalue weighted by Crippen LogP contribution is -2.50. The highest BCUT2D eigenvalue weighted by molar-refractivity contribution is 6.00. The van der Waals surface area contributed by atoms with Crippen LogP contribution in [-0.2, 0) is 25.7 Å². The second kappa shape index (κ2) is 15.3. The maximum Gasteiger partial charge on any atom is 0.519 e. The number of carbonyl (C=O) groups is 3. The van der Waals surface area contributed by atoms with Crippen molar-refractivity contribution in [3.63, 3.8) is 0 Å². The van der Waals surface area contributed by atoms with Gasteiger partial charge in [-0.3, -0.25) is 14.0 Å². The first-order valence-corrected chi connectivity index (χ1v) is 17.4. The fourth-order valence-electron chi connectivity index (χ4n) is 8.18. The molecule has 3 aromatic rings. The minimum atomic E-state index is -0.879. The van der Waals surface area contributed by atoms with Crippen LogP contribution in [0.25, 0.3) is 11.0 Å². The third kappa shape index (κ3) is 7.77. The Labute approximate surface area is 283 Å². The topological polar surface area (TPSA) is 167 Å². The van der Waals surface area contributed by atoms with Crippen LogP contribution in [0.1, 0.15) is 86.3 Å². The minimum Gasteiger partial charge on any atom is -0.451 e. The van der Waals surface area contributed by atoms with E-state index in [0.717, 1.165) is 44.9 Å². The van der Waals surface area contributed by atoms with Crippen LogP contribution in [0.5, 0.6) is 0 Å². The number of fused-ring (bicyclic) bond motifs is 1. The second-order valence-corrected chi connectivity index (χ2v) is 13.8. The fraction of sp³-hybridized carbons (Fsp3) is 0.611. The Morgan fingerprint density at radius 3 is 2.45 bits per heavy atom. The first-order valence-electron chi connectivity index (χ1n) is 17.4. The molecule has 0 spiro atoms. The van der Waals surface area contributed by atoms with Gasteiger partial charge in [0.05, 0.1) is 12.8 Å². The molecule has 3 N–H and O–H groups in total. The molecule has 3 heterocycles. The third-order valence-corrected chi connectivity index (χ3v) is 11.0. The summed E-state index contributed by atoms with van der Waals surface area (Å²) < 4.78 is 39.1. The van der Waals surface area contributed by atoms with Crippen LogP contribution in [0.4, 0.5) is 10.1 Å². The van der Waals surface area contributed by atoms with Gasteiger partial charge < -0.3 is 38.7 Å². The lowest BCUT2D eigenvalue weighted by atomic mass is 9.75. The van der Waals surface area contributed by atoms with Crippen LogP contribution in [0.3, 0.4) is 0 Å². The first kappa shape index (κ1) is 34.9. The number of nitrogens with zero attached hydrogens (tertiary/aromatic N) is 1. The maximum atomic E-state index is 14.2. The van der Waals surface area contributed by atoms with Crippen LogP contribution in [0.2, 0.25) is 0 Å². The van der Waals surface area contributed by atoms with E-state index in [2.05, 4.69) is 5.32 Å². The number of alkyl halides is 1. The molecule has 13 heteroatoms. The quantitative estimate of drug-likeness (QED) is 0.246. The molecular weight excluding hydrogens is 637 g/mol. The van der Waals surface area contributed by atoms with Crippen molar-refractivity contribution in [3.05, 3.63) is 52.2 Å². The van der Waals surface area contributed by atoms with E-state index in [1.54, 1.807) is 25.3 Å². The molecule has 3 aliphatic rings. The number of amides is 2. The number of hydrogen-bond donors (Lipinski definition) is 2. The number of methoxy groups -OCH3 is 1. The van der Waals surface area contributed by atoms with Gasteiger partial charge >= 0.3 is 11.8 Å². The number of nitrogens with one attached hydrogen (secondary N) is 1. The summed E-state index contributed by atoms with van der Waals surface area (Å²) >= 11 is 0. The molecule has 0 bridgehead atoms. The molecule has 3 atom stereocenters. The van der Waals surface area contributed by atoms with Crippen LogP contribution in [0.15, 0.2) is 42.3 Å². The zero-order valence-corrected chi connectivity index (χ0v) is 28.1. The fourth-order valence-corrected chi connectivity index (χ4v) is 8.18. The number of aryl methyl sites for hydroxylation is 1. The zero-order valence-electron chi connectivity index (χ0n) is 28.1. The molecule has 2 amide bonds. The van der Waals surface area contributed by atoms with E-state index in [4.69, 9.17) is 28.5 Å². The molecule has 3 fully saturated rings. The van der Waals surface area contributed by atoms with E-state index in [1.807, 2.05) is 4.90 Å². The van der Waals surface area contributed by atoms with Gasteiger partial charge in [0.1, 0.15) is 11.6 Å². The van der Waals surface area contributed by atoms with Gasteiger partial charge in [-0.1, -0.05) is 0 Å². The van der Waals surface area contributed by atoms with Gasteiger partial charge in [0.25, 0.3) is 0 Å². The highest BCUT2D eigenvalue weighted by Crippen LogP contribution is 2.42. The summed E-state index contributed by atoms with van der Waals surface area (Å²) in [5.74, 6) is -1.21. The van der Waals surface area contributed by atoms with Gasteiger partial charge in [-0.25, -0.2) is 9.59 Å². The maximum absolute atomic E-state index is 14.2. The number of likely N-dealkylation sites (tertiary alicyclic amines) is 1. The van der Waals surface area contributed by atoms with Crippen LogP contribution in [0, 0.1) is 30.6 Å². The van der Waals surface area contributed by atoms with Crippen molar-refractivity contribution in [2.75, 3.05) is 25.6 Å². The normalized spacial score (nSPS) is 26.5. The summed E-state index contributed by atoms with van der Waals surface area (Å²) in [6.45, 7) is 1.32. The number of anilines is 1. The van der Waals surface area contributed by atoms with Crippen molar-refractivity contribution in [1.29, 1.82) is 0 Å². The predicted molar refractivity (Wildman–Crippen MR) is 176 cm³/mol. The molecule has 2 saturated carbocycles. The zero-order chi connectivity index (χ0) is 34.7. The standard InChI is InChI=1S/C36H46FN3O9/c1-20-31(49-36(44)47-20)19-46-35(43)30-18-24-17-25(9-12-29(24)48-30)39-33(41)32-27(21-7-10-26(45-2)11-8-21)14-16-40(32)34(42)23-5-3-22(4-6-23)28(38)13-15-37/h9,12,17-18,21-23,26-28,32H,3-8,10-11,13-16,19,38H2,1-2H3,(H,39,41)/t21?,22?,23?,26?,27-,28+,32-/m0/s1. The van der Waals surface area contributed by atoms with E-state index in [0.29, 0.717) is 48.4 Å². The molecule has 0 radical (unpaired) electrons. The van der Waals surface area contributed by atoms with Gasteiger partial charge in [0, 0.05) is 36.7 Å². The largest absolute Gasteiger partial charge is 0.519 e. The molecule has 2 aromatic heterocycles. The molecule has 1 aromatic carbocycles. The van der Waals surface area contributed by atoms with Gasteiger partial charge in [0.2, 0.25) is 17.6 Å². The van der Waals surface area contributed by atoms with E-state index < -0.39 is 24.5 Å².